The summed E-state index contributed by atoms with van der Waals surface area (Å²) in [7, 11) is 1.65. The molecule has 0 heterocycles. The second-order valence-electron chi connectivity index (χ2n) is 4.39. The van der Waals surface area contributed by atoms with E-state index in [1.165, 1.54) is 0 Å². The molecule has 0 aromatic heterocycles. The summed E-state index contributed by atoms with van der Waals surface area (Å²) < 4.78 is 10.5. The summed E-state index contributed by atoms with van der Waals surface area (Å²) in [4.78, 5) is 11.4. The van der Waals surface area contributed by atoms with Gasteiger partial charge in [0.25, 0.3) is 0 Å². The molecule has 0 saturated heterocycles. The molecule has 0 aliphatic heterocycles. The van der Waals surface area contributed by atoms with Crippen molar-refractivity contribution >= 4 is 5.91 Å². The van der Waals surface area contributed by atoms with Gasteiger partial charge < -0.3 is 20.1 Å². The van der Waals surface area contributed by atoms with Crippen LogP contribution in [0.15, 0.2) is 30.3 Å². The van der Waals surface area contributed by atoms with Crippen LogP contribution in [-0.4, -0.2) is 45.9 Å². The van der Waals surface area contributed by atoms with Crippen LogP contribution >= 0.6 is 0 Å². The molecule has 1 aromatic carbocycles. The molecule has 112 valence electrons. The predicted molar refractivity (Wildman–Crippen MR) is 78.9 cm³/mol. The molecule has 0 bridgehead atoms. The van der Waals surface area contributed by atoms with Gasteiger partial charge in [0.1, 0.15) is 5.75 Å². The Kier molecular flexibility index (Phi) is 9.26. The van der Waals surface area contributed by atoms with Crippen molar-refractivity contribution in [2.45, 2.75) is 12.8 Å². The highest BCUT2D eigenvalue weighted by atomic mass is 16.5. The van der Waals surface area contributed by atoms with Crippen molar-refractivity contribution in [2.24, 2.45) is 0 Å². The standard InChI is InChI=1S/C15H24N2O3/c1-19-11-6-10-17-15(18)13-16-9-5-12-20-14-7-3-2-4-8-14/h2-4,7-8,16H,5-6,9-13H2,1H3,(H,17,18). The van der Waals surface area contributed by atoms with Crippen molar-refractivity contribution in [3.05, 3.63) is 30.3 Å². The molecule has 0 saturated carbocycles. The van der Waals surface area contributed by atoms with Crippen molar-refractivity contribution in [2.75, 3.05) is 40.0 Å². The van der Waals surface area contributed by atoms with Crippen LogP contribution in [0.3, 0.4) is 0 Å². The highest BCUT2D eigenvalue weighted by molar-refractivity contribution is 5.77. The monoisotopic (exact) mass is 280 g/mol. The third-order valence-corrected chi connectivity index (χ3v) is 2.64. The molecule has 5 heteroatoms. The smallest absolute Gasteiger partial charge is 0.233 e. The molecule has 1 amide bonds. The number of hydrogen-bond donors (Lipinski definition) is 2. The highest BCUT2D eigenvalue weighted by Crippen LogP contribution is 2.07. The molecule has 0 atom stereocenters. The van der Waals surface area contributed by atoms with Gasteiger partial charge in [-0.05, 0) is 31.5 Å². The van der Waals surface area contributed by atoms with E-state index in [-0.39, 0.29) is 5.91 Å². The number of hydrogen-bond acceptors (Lipinski definition) is 4. The van der Waals surface area contributed by atoms with Crippen molar-refractivity contribution in [1.29, 1.82) is 0 Å². The topological polar surface area (TPSA) is 59.6 Å². The molecule has 1 rings (SSSR count). The second kappa shape index (κ2) is 11.3. The van der Waals surface area contributed by atoms with E-state index >= 15 is 0 Å². The minimum Gasteiger partial charge on any atom is -0.494 e. The molecular formula is C15H24N2O3. The zero-order valence-electron chi connectivity index (χ0n) is 12.1. The summed E-state index contributed by atoms with van der Waals surface area (Å²) >= 11 is 0. The molecular weight excluding hydrogens is 256 g/mol. The summed E-state index contributed by atoms with van der Waals surface area (Å²) in [5.74, 6) is 0.897. The molecule has 1 aromatic rings. The number of methoxy groups -OCH3 is 1. The van der Waals surface area contributed by atoms with Gasteiger partial charge >= 0.3 is 0 Å². The zero-order chi connectivity index (χ0) is 14.5. The number of benzene rings is 1. The SMILES string of the molecule is COCCCNC(=O)CNCCCOc1ccccc1. The van der Waals surface area contributed by atoms with Gasteiger partial charge in [-0.15, -0.1) is 0 Å². The van der Waals surface area contributed by atoms with Crippen LogP contribution in [0.1, 0.15) is 12.8 Å². The maximum Gasteiger partial charge on any atom is 0.233 e. The fourth-order valence-electron chi connectivity index (χ4n) is 1.61. The number of nitrogens with one attached hydrogen (secondary N) is 2. The molecule has 0 radical (unpaired) electrons. The van der Waals surface area contributed by atoms with Gasteiger partial charge in [-0.2, -0.15) is 0 Å². The number of carbonyl (C=O) groups excluding carboxylic acids is 1. The van der Waals surface area contributed by atoms with Crippen LogP contribution in [0.25, 0.3) is 0 Å². The first-order valence-corrected chi connectivity index (χ1v) is 6.97. The highest BCUT2D eigenvalue weighted by Gasteiger charge is 1.99. The van der Waals surface area contributed by atoms with Crippen LogP contribution in [0.2, 0.25) is 0 Å². The molecule has 0 aliphatic rings. The number of rotatable bonds is 11. The van der Waals surface area contributed by atoms with Gasteiger partial charge in [-0.25, -0.2) is 0 Å². The van der Waals surface area contributed by atoms with E-state index in [0.29, 0.717) is 26.3 Å². The normalized spacial score (nSPS) is 10.2. The van der Waals surface area contributed by atoms with E-state index in [9.17, 15) is 4.79 Å². The number of amides is 1. The lowest BCUT2D eigenvalue weighted by atomic mass is 10.3. The average molecular weight is 280 g/mol. The Bertz CT molecular complexity index is 357. The van der Waals surface area contributed by atoms with E-state index in [1.54, 1.807) is 7.11 Å². The third kappa shape index (κ3) is 8.50. The third-order valence-electron chi connectivity index (χ3n) is 2.64. The second-order valence-corrected chi connectivity index (χ2v) is 4.39. The molecule has 20 heavy (non-hydrogen) atoms. The molecule has 5 nitrogen and oxygen atoms in total. The fraction of sp³-hybridized carbons (Fsp3) is 0.533. The van der Waals surface area contributed by atoms with E-state index in [4.69, 9.17) is 9.47 Å². The van der Waals surface area contributed by atoms with Crippen LogP contribution in [0.5, 0.6) is 5.75 Å². The Balaban J connectivity index is 1.90. The van der Waals surface area contributed by atoms with Gasteiger partial charge in [0, 0.05) is 20.3 Å². The summed E-state index contributed by atoms with van der Waals surface area (Å²) in [6.45, 7) is 3.08. The van der Waals surface area contributed by atoms with Crippen molar-refractivity contribution in [3.63, 3.8) is 0 Å². The fourth-order valence-corrected chi connectivity index (χ4v) is 1.61. The molecule has 0 spiro atoms. The van der Waals surface area contributed by atoms with Crippen LogP contribution in [0.4, 0.5) is 0 Å². The lowest BCUT2D eigenvalue weighted by Gasteiger charge is -2.08. The zero-order valence-corrected chi connectivity index (χ0v) is 12.1. The van der Waals surface area contributed by atoms with Gasteiger partial charge in [0.05, 0.1) is 13.2 Å². The summed E-state index contributed by atoms with van der Waals surface area (Å²) in [5.41, 5.74) is 0. The largest absolute Gasteiger partial charge is 0.494 e. The molecule has 0 unspecified atom stereocenters. The number of ether oxygens (including phenoxy) is 2. The van der Waals surface area contributed by atoms with Crippen molar-refractivity contribution in [1.82, 2.24) is 10.6 Å². The predicted octanol–water partition coefficient (Wildman–Crippen LogP) is 1.20. The quantitative estimate of drug-likeness (QED) is 0.598. The lowest BCUT2D eigenvalue weighted by Crippen LogP contribution is -2.35. The first-order valence-electron chi connectivity index (χ1n) is 6.97. The maximum atomic E-state index is 11.4. The van der Waals surface area contributed by atoms with Crippen molar-refractivity contribution < 1.29 is 14.3 Å². The number of carbonyl (C=O) groups is 1. The van der Waals surface area contributed by atoms with Gasteiger partial charge in [-0.3, -0.25) is 4.79 Å². The van der Waals surface area contributed by atoms with Gasteiger partial charge in [0.15, 0.2) is 0 Å². The average Bonchev–Trinajstić information content (AvgIpc) is 2.48. The summed E-state index contributed by atoms with van der Waals surface area (Å²) in [6, 6.07) is 9.71. The van der Waals surface area contributed by atoms with Crippen LogP contribution < -0.4 is 15.4 Å². The van der Waals surface area contributed by atoms with E-state index in [1.807, 2.05) is 30.3 Å². The molecule has 0 fully saturated rings. The summed E-state index contributed by atoms with van der Waals surface area (Å²) in [5, 5.41) is 5.91. The summed E-state index contributed by atoms with van der Waals surface area (Å²) in [6.07, 6.45) is 1.71. The van der Waals surface area contributed by atoms with Crippen LogP contribution in [0, 0.1) is 0 Å². The molecule has 2 N–H and O–H groups in total. The Labute approximate surface area is 120 Å². The minimum atomic E-state index is 0.0186. The van der Waals surface area contributed by atoms with Crippen molar-refractivity contribution in [3.8, 4) is 5.75 Å². The van der Waals surface area contributed by atoms with E-state index in [0.717, 1.165) is 25.1 Å². The lowest BCUT2D eigenvalue weighted by molar-refractivity contribution is -0.120. The molecule has 0 aliphatic carbocycles. The van der Waals surface area contributed by atoms with Gasteiger partial charge in [-0.1, -0.05) is 18.2 Å². The first-order chi connectivity index (χ1) is 9.83. The Morgan fingerprint density at radius 3 is 2.60 bits per heavy atom. The van der Waals surface area contributed by atoms with Gasteiger partial charge in [0.2, 0.25) is 5.91 Å². The first kappa shape index (κ1) is 16.5. The Morgan fingerprint density at radius 2 is 1.85 bits per heavy atom. The van der Waals surface area contributed by atoms with E-state index in [2.05, 4.69) is 10.6 Å². The van der Waals surface area contributed by atoms with E-state index < -0.39 is 0 Å². The number of para-hydroxylation sites is 1. The van der Waals surface area contributed by atoms with Crippen LogP contribution in [-0.2, 0) is 9.53 Å². The maximum absolute atomic E-state index is 11.4. The Morgan fingerprint density at radius 1 is 1.10 bits per heavy atom. The Hall–Kier alpha value is -1.59. The minimum absolute atomic E-state index is 0.0186.